The molecule has 0 fully saturated rings. The number of hydrogen-bond acceptors (Lipinski definition) is 3. The lowest BCUT2D eigenvalue weighted by Gasteiger charge is -2.18. The highest BCUT2D eigenvalue weighted by molar-refractivity contribution is 5.78. The molecule has 1 aromatic rings. The molecular weight excluding hydrogens is 201 g/mol. The third-order valence-corrected chi connectivity index (χ3v) is 2.00. The monoisotopic (exact) mass is 215 g/mol. The summed E-state index contributed by atoms with van der Waals surface area (Å²) in [5.74, 6) is -0.881. The molecule has 0 heterocycles. The number of carboxylic acid groups (broad SMARTS) is 1. The maximum absolute atomic E-state index is 10.7. The Kier molecular flexibility index (Phi) is 4.23. The molecule has 4 N–H and O–H groups in total. The second-order valence-corrected chi connectivity index (χ2v) is 3.57. The Hall–Kier alpha value is -1.62. The zero-order valence-corrected chi connectivity index (χ0v) is 8.30. The summed E-state index contributed by atoms with van der Waals surface area (Å²) in [6, 6.07) is 6.33. The number of phenolic OH excluding ortho intramolecular Hbond substituents is 1. The fourth-order valence-corrected chi connectivity index (χ4v) is 1.11. The van der Waals surface area contributed by atoms with Crippen molar-refractivity contribution < 1.29 is 19.7 Å². The van der Waals surface area contributed by atoms with E-state index in [1.54, 1.807) is 12.1 Å². The number of nitrogens with two attached hydrogens (primary N) is 1. The number of carbonyl (C=O) groups is 1. The number of aliphatic carboxylic acids is 1. The molecule has 0 saturated carbocycles. The van der Waals surface area contributed by atoms with Crippen molar-refractivity contribution in [1.29, 1.82) is 0 Å². The molecule has 84 valence electrons. The highest BCUT2D eigenvalue weighted by Gasteiger charge is 2.27. The van der Waals surface area contributed by atoms with Gasteiger partial charge in [-0.3, -0.25) is 9.50 Å². The zero-order valence-electron chi connectivity index (χ0n) is 8.30. The lowest BCUT2D eigenvalue weighted by molar-refractivity contribution is -0.142. The SMILES string of the molecule is C[C@](N)(Cc1ccc(O)cc1)C(=O)O.F. The highest BCUT2D eigenvalue weighted by Crippen LogP contribution is 2.14. The first-order valence-electron chi connectivity index (χ1n) is 4.22. The van der Waals surface area contributed by atoms with Crippen LogP contribution in [0.5, 0.6) is 5.75 Å². The topological polar surface area (TPSA) is 83.5 Å². The van der Waals surface area contributed by atoms with Gasteiger partial charge in [-0.05, 0) is 24.6 Å². The van der Waals surface area contributed by atoms with Crippen molar-refractivity contribution in [3.63, 3.8) is 0 Å². The van der Waals surface area contributed by atoms with E-state index in [2.05, 4.69) is 0 Å². The van der Waals surface area contributed by atoms with Crippen LogP contribution in [0, 0.1) is 0 Å². The molecule has 0 aliphatic rings. The van der Waals surface area contributed by atoms with Crippen LogP contribution in [0.25, 0.3) is 0 Å². The third-order valence-electron chi connectivity index (χ3n) is 2.00. The fraction of sp³-hybridized carbons (Fsp3) is 0.300. The molecule has 0 saturated heterocycles. The number of carboxylic acids is 1. The Morgan fingerprint density at radius 1 is 1.40 bits per heavy atom. The Morgan fingerprint density at radius 3 is 2.27 bits per heavy atom. The minimum absolute atomic E-state index is 0. The van der Waals surface area contributed by atoms with E-state index < -0.39 is 11.5 Å². The molecule has 0 aromatic heterocycles. The predicted molar refractivity (Wildman–Crippen MR) is 54.5 cm³/mol. The number of phenols is 1. The first kappa shape index (κ1) is 13.4. The van der Waals surface area contributed by atoms with Crippen molar-refractivity contribution in [2.75, 3.05) is 0 Å². The molecule has 5 heteroatoms. The summed E-state index contributed by atoms with van der Waals surface area (Å²) in [5, 5.41) is 17.8. The van der Waals surface area contributed by atoms with Crippen LogP contribution < -0.4 is 5.73 Å². The summed E-state index contributed by atoms with van der Waals surface area (Å²) in [5.41, 5.74) is 5.09. The largest absolute Gasteiger partial charge is 0.508 e. The standard InChI is InChI=1S/C10H13NO3.FH/c1-10(11,9(13)14)6-7-2-4-8(12)5-3-7;/h2-5,12H,6,11H2,1H3,(H,13,14);1H/t10-;/m0./s1. The van der Waals surface area contributed by atoms with Gasteiger partial charge in [-0.15, -0.1) is 0 Å². The molecule has 0 aliphatic heterocycles. The third kappa shape index (κ3) is 3.55. The van der Waals surface area contributed by atoms with Crippen LogP contribution in [0.15, 0.2) is 24.3 Å². The fourth-order valence-electron chi connectivity index (χ4n) is 1.11. The van der Waals surface area contributed by atoms with Gasteiger partial charge in [0.2, 0.25) is 0 Å². The van der Waals surface area contributed by atoms with Gasteiger partial charge >= 0.3 is 5.97 Å². The molecule has 0 spiro atoms. The molecule has 0 amide bonds. The van der Waals surface area contributed by atoms with Crippen LogP contribution in [0.3, 0.4) is 0 Å². The van der Waals surface area contributed by atoms with Gasteiger partial charge in [-0.25, -0.2) is 0 Å². The minimum Gasteiger partial charge on any atom is -0.508 e. The average Bonchev–Trinajstić information content (AvgIpc) is 2.08. The first-order valence-corrected chi connectivity index (χ1v) is 4.22. The van der Waals surface area contributed by atoms with E-state index in [-0.39, 0.29) is 16.9 Å². The van der Waals surface area contributed by atoms with Crippen molar-refractivity contribution in [3.05, 3.63) is 29.8 Å². The molecule has 1 rings (SSSR count). The molecule has 15 heavy (non-hydrogen) atoms. The van der Waals surface area contributed by atoms with Gasteiger partial charge in [0.1, 0.15) is 11.3 Å². The van der Waals surface area contributed by atoms with E-state index in [0.29, 0.717) is 0 Å². The maximum atomic E-state index is 10.7. The van der Waals surface area contributed by atoms with Crippen LogP contribution in [-0.2, 0) is 11.2 Å². The van der Waals surface area contributed by atoms with Crippen molar-refractivity contribution in [3.8, 4) is 5.75 Å². The van der Waals surface area contributed by atoms with E-state index in [1.807, 2.05) is 0 Å². The molecule has 0 aliphatic carbocycles. The lowest BCUT2D eigenvalue weighted by atomic mass is 9.94. The Labute approximate surface area is 86.7 Å². The van der Waals surface area contributed by atoms with Crippen molar-refractivity contribution >= 4 is 5.97 Å². The smallest absolute Gasteiger partial charge is 0.323 e. The highest BCUT2D eigenvalue weighted by atomic mass is 19.0. The summed E-state index contributed by atoms with van der Waals surface area (Å²) in [4.78, 5) is 10.7. The summed E-state index contributed by atoms with van der Waals surface area (Å²) in [6.45, 7) is 1.46. The molecular formula is C10H14FNO3. The van der Waals surface area contributed by atoms with Crippen molar-refractivity contribution in [2.24, 2.45) is 5.73 Å². The Balaban J connectivity index is 0.00000196. The average molecular weight is 215 g/mol. The van der Waals surface area contributed by atoms with Crippen LogP contribution in [0.2, 0.25) is 0 Å². The maximum Gasteiger partial charge on any atom is 0.323 e. The molecule has 1 atom stereocenters. The van der Waals surface area contributed by atoms with Gasteiger partial charge in [0.25, 0.3) is 0 Å². The van der Waals surface area contributed by atoms with Crippen molar-refractivity contribution in [2.45, 2.75) is 18.9 Å². The summed E-state index contributed by atoms with van der Waals surface area (Å²) < 4.78 is 0. The second-order valence-electron chi connectivity index (χ2n) is 3.57. The van der Waals surface area contributed by atoms with Gasteiger partial charge in [-0.1, -0.05) is 12.1 Å². The van der Waals surface area contributed by atoms with Gasteiger partial charge < -0.3 is 15.9 Å². The van der Waals surface area contributed by atoms with E-state index >= 15 is 0 Å². The lowest BCUT2D eigenvalue weighted by Crippen LogP contribution is -2.46. The first-order chi connectivity index (χ1) is 6.42. The van der Waals surface area contributed by atoms with E-state index in [4.69, 9.17) is 15.9 Å². The number of rotatable bonds is 3. The predicted octanol–water partition coefficient (Wildman–Crippen LogP) is 0.889. The summed E-state index contributed by atoms with van der Waals surface area (Å²) >= 11 is 0. The van der Waals surface area contributed by atoms with Crippen LogP contribution in [-0.4, -0.2) is 21.7 Å². The second kappa shape index (κ2) is 4.75. The molecule has 0 unspecified atom stereocenters. The molecule has 0 radical (unpaired) electrons. The van der Waals surface area contributed by atoms with Gasteiger partial charge in [-0.2, -0.15) is 0 Å². The van der Waals surface area contributed by atoms with E-state index in [9.17, 15) is 4.79 Å². The van der Waals surface area contributed by atoms with Gasteiger partial charge in [0.15, 0.2) is 0 Å². The Morgan fingerprint density at radius 2 is 1.87 bits per heavy atom. The number of halogens is 1. The van der Waals surface area contributed by atoms with Gasteiger partial charge in [0, 0.05) is 6.42 Å². The van der Waals surface area contributed by atoms with E-state index in [0.717, 1.165) is 5.56 Å². The normalized spacial score (nSPS) is 13.7. The number of hydrogen-bond donors (Lipinski definition) is 3. The molecule has 0 bridgehead atoms. The number of benzene rings is 1. The van der Waals surface area contributed by atoms with E-state index in [1.165, 1.54) is 19.1 Å². The summed E-state index contributed by atoms with van der Waals surface area (Å²) in [7, 11) is 0. The van der Waals surface area contributed by atoms with Crippen LogP contribution >= 0.6 is 0 Å². The molecule has 4 nitrogen and oxygen atoms in total. The Bertz CT molecular complexity index is 335. The van der Waals surface area contributed by atoms with Gasteiger partial charge in [0.05, 0.1) is 0 Å². The van der Waals surface area contributed by atoms with Crippen LogP contribution in [0.1, 0.15) is 12.5 Å². The van der Waals surface area contributed by atoms with Crippen LogP contribution in [0.4, 0.5) is 4.70 Å². The summed E-state index contributed by atoms with van der Waals surface area (Å²) in [6.07, 6.45) is 0.239. The number of aromatic hydroxyl groups is 1. The zero-order chi connectivity index (χ0) is 10.8. The van der Waals surface area contributed by atoms with Crippen molar-refractivity contribution in [1.82, 2.24) is 0 Å². The minimum atomic E-state index is -1.27. The molecule has 1 aromatic carbocycles. The quantitative estimate of drug-likeness (QED) is 0.699.